The monoisotopic (exact) mass is 423 g/mol. The normalized spacial score (nSPS) is 19.5. The number of benzene rings is 1. The summed E-state index contributed by atoms with van der Waals surface area (Å²) in [6, 6.07) is 7.49. The van der Waals surface area contributed by atoms with E-state index in [4.69, 9.17) is 4.42 Å². The van der Waals surface area contributed by atoms with Crippen molar-refractivity contribution in [1.29, 1.82) is 0 Å². The van der Waals surface area contributed by atoms with Gasteiger partial charge in [0.15, 0.2) is 9.84 Å². The van der Waals surface area contributed by atoms with Gasteiger partial charge in [0.2, 0.25) is 11.8 Å². The van der Waals surface area contributed by atoms with Gasteiger partial charge >= 0.3 is 0 Å². The molecule has 2 atom stereocenters. The third kappa shape index (κ3) is 4.94. The van der Waals surface area contributed by atoms with Crippen molar-refractivity contribution in [2.75, 3.05) is 17.3 Å². The van der Waals surface area contributed by atoms with Gasteiger partial charge in [-0.25, -0.2) is 8.42 Å². The van der Waals surface area contributed by atoms with Gasteiger partial charge in [-0.1, -0.05) is 36.4 Å². The Kier molecular flexibility index (Phi) is 6.44. The predicted octanol–water partition coefficient (Wildman–Crippen LogP) is 2.95. The number of amides is 1. The summed E-state index contributed by atoms with van der Waals surface area (Å²) < 4.78 is 29.3. The molecule has 0 radical (unpaired) electrons. The molecule has 28 heavy (non-hydrogen) atoms. The first-order chi connectivity index (χ1) is 13.3. The van der Waals surface area contributed by atoms with Crippen molar-refractivity contribution in [1.82, 2.24) is 15.1 Å². The molecule has 2 aromatic rings. The first-order valence-corrected chi connectivity index (χ1v) is 12.1. The van der Waals surface area contributed by atoms with Crippen LogP contribution in [0.15, 0.2) is 33.9 Å². The molecule has 1 fully saturated rings. The topological polar surface area (TPSA) is 93.4 Å². The maximum atomic E-state index is 12.8. The van der Waals surface area contributed by atoms with Crippen LogP contribution in [0.4, 0.5) is 0 Å². The van der Waals surface area contributed by atoms with Crippen LogP contribution in [0.1, 0.15) is 32.3 Å². The van der Waals surface area contributed by atoms with Crippen LogP contribution in [0, 0.1) is 6.92 Å². The molecule has 0 saturated carbocycles. The highest BCUT2D eigenvalue weighted by Crippen LogP contribution is 2.26. The zero-order valence-electron chi connectivity index (χ0n) is 16.3. The Morgan fingerprint density at radius 2 is 2.04 bits per heavy atom. The van der Waals surface area contributed by atoms with E-state index in [1.807, 2.05) is 45.0 Å². The van der Waals surface area contributed by atoms with Gasteiger partial charge in [-0.2, -0.15) is 0 Å². The van der Waals surface area contributed by atoms with Crippen molar-refractivity contribution < 1.29 is 17.6 Å². The van der Waals surface area contributed by atoms with Crippen LogP contribution in [0.25, 0.3) is 11.5 Å². The van der Waals surface area contributed by atoms with Crippen molar-refractivity contribution >= 4 is 27.5 Å². The number of thioether (sulfide) groups is 1. The Labute approximate surface area is 169 Å². The van der Waals surface area contributed by atoms with Crippen LogP contribution in [0.5, 0.6) is 0 Å². The van der Waals surface area contributed by atoms with Crippen molar-refractivity contribution in [3.05, 3.63) is 29.8 Å². The molecule has 0 unspecified atom stereocenters. The molecule has 0 bridgehead atoms. The van der Waals surface area contributed by atoms with E-state index >= 15 is 0 Å². The molecule has 0 spiro atoms. The average Bonchev–Trinajstić information content (AvgIpc) is 3.27. The molecule has 9 heteroatoms. The van der Waals surface area contributed by atoms with Crippen LogP contribution in [0.2, 0.25) is 0 Å². The standard InChI is InChI=1S/C19H25N3O4S2/c1-4-14(3)22(16-9-10-28(24,25)12-16)17(23)11-27-19-21-20-18(26-19)15-7-5-13(2)6-8-15/h5-8,14,16H,4,9-12H2,1-3H3/t14-,16-/m1/s1. The van der Waals surface area contributed by atoms with Crippen LogP contribution in [-0.4, -0.2) is 58.8 Å². The molecule has 3 rings (SSSR count). The van der Waals surface area contributed by atoms with E-state index < -0.39 is 9.84 Å². The predicted molar refractivity (Wildman–Crippen MR) is 109 cm³/mol. The molecule has 1 amide bonds. The fourth-order valence-electron chi connectivity index (χ4n) is 3.28. The third-order valence-corrected chi connectivity index (χ3v) is 7.53. The SMILES string of the molecule is CC[C@@H](C)N(C(=O)CSc1nnc(-c2ccc(C)cc2)o1)[C@@H]1CCS(=O)(=O)C1. The van der Waals surface area contributed by atoms with Crippen LogP contribution in [-0.2, 0) is 14.6 Å². The Bertz CT molecular complexity index is 925. The molecule has 0 aliphatic carbocycles. The number of aromatic nitrogens is 2. The van der Waals surface area contributed by atoms with Crippen LogP contribution < -0.4 is 0 Å². The second-order valence-electron chi connectivity index (χ2n) is 7.14. The van der Waals surface area contributed by atoms with E-state index in [0.29, 0.717) is 17.5 Å². The minimum atomic E-state index is -3.05. The number of hydrogen-bond acceptors (Lipinski definition) is 7. The van der Waals surface area contributed by atoms with Gasteiger partial charge in [-0.3, -0.25) is 4.79 Å². The van der Waals surface area contributed by atoms with Crippen molar-refractivity contribution in [2.24, 2.45) is 0 Å². The molecular formula is C19H25N3O4S2. The van der Waals surface area contributed by atoms with Gasteiger partial charge in [0.05, 0.1) is 17.3 Å². The van der Waals surface area contributed by atoms with E-state index in [0.717, 1.165) is 17.5 Å². The summed E-state index contributed by atoms with van der Waals surface area (Å²) in [5, 5.41) is 8.38. The first kappa shape index (κ1) is 20.9. The molecule has 0 N–H and O–H groups in total. The number of sulfone groups is 1. The average molecular weight is 424 g/mol. The Morgan fingerprint density at radius 3 is 2.64 bits per heavy atom. The van der Waals surface area contributed by atoms with Crippen LogP contribution >= 0.6 is 11.8 Å². The smallest absolute Gasteiger partial charge is 0.277 e. The first-order valence-electron chi connectivity index (χ1n) is 9.34. The Balaban J connectivity index is 1.65. The largest absolute Gasteiger partial charge is 0.411 e. The fraction of sp³-hybridized carbons (Fsp3) is 0.526. The number of aryl methyl sites for hydroxylation is 1. The van der Waals surface area contributed by atoms with Crippen molar-refractivity contribution in [2.45, 2.75) is 50.9 Å². The van der Waals surface area contributed by atoms with E-state index in [-0.39, 0.29) is 35.2 Å². The summed E-state index contributed by atoms with van der Waals surface area (Å²) >= 11 is 1.18. The van der Waals surface area contributed by atoms with E-state index in [1.165, 1.54) is 11.8 Å². The summed E-state index contributed by atoms with van der Waals surface area (Å²) in [5.41, 5.74) is 1.97. The highest BCUT2D eigenvalue weighted by Gasteiger charge is 2.36. The van der Waals surface area contributed by atoms with Gasteiger partial charge in [-0.05, 0) is 38.8 Å². The Morgan fingerprint density at radius 1 is 1.32 bits per heavy atom. The molecule has 1 aromatic heterocycles. The summed E-state index contributed by atoms with van der Waals surface area (Å²) in [5.74, 6) is 0.642. The molecule has 7 nitrogen and oxygen atoms in total. The molecule has 1 aliphatic rings. The molecule has 2 heterocycles. The second kappa shape index (κ2) is 8.65. The molecule has 152 valence electrons. The van der Waals surface area contributed by atoms with E-state index in [2.05, 4.69) is 10.2 Å². The highest BCUT2D eigenvalue weighted by molar-refractivity contribution is 7.99. The van der Waals surface area contributed by atoms with Crippen LogP contribution in [0.3, 0.4) is 0 Å². The molecule has 1 saturated heterocycles. The lowest BCUT2D eigenvalue weighted by atomic mass is 10.1. The lowest BCUT2D eigenvalue weighted by molar-refractivity contribution is -0.132. The summed E-state index contributed by atoms with van der Waals surface area (Å²) in [7, 11) is -3.05. The second-order valence-corrected chi connectivity index (χ2v) is 10.3. The maximum absolute atomic E-state index is 12.8. The molecular weight excluding hydrogens is 398 g/mol. The Hall–Kier alpha value is -1.87. The minimum Gasteiger partial charge on any atom is -0.411 e. The molecule has 1 aromatic carbocycles. The molecule has 1 aliphatic heterocycles. The number of carbonyl (C=O) groups is 1. The lowest BCUT2D eigenvalue weighted by Crippen LogP contribution is -2.47. The minimum absolute atomic E-state index is 0.0165. The van der Waals surface area contributed by atoms with Crippen molar-refractivity contribution in [3.8, 4) is 11.5 Å². The zero-order chi connectivity index (χ0) is 20.3. The maximum Gasteiger partial charge on any atom is 0.277 e. The zero-order valence-corrected chi connectivity index (χ0v) is 17.9. The van der Waals surface area contributed by atoms with Gasteiger partial charge in [0.1, 0.15) is 0 Å². The van der Waals surface area contributed by atoms with E-state index in [9.17, 15) is 13.2 Å². The summed E-state index contributed by atoms with van der Waals surface area (Å²) in [6.45, 7) is 5.95. The van der Waals surface area contributed by atoms with Gasteiger partial charge in [0.25, 0.3) is 5.22 Å². The lowest BCUT2D eigenvalue weighted by Gasteiger charge is -2.33. The van der Waals surface area contributed by atoms with Gasteiger partial charge < -0.3 is 9.32 Å². The summed E-state index contributed by atoms with van der Waals surface area (Å²) in [4.78, 5) is 14.6. The fourth-order valence-corrected chi connectivity index (χ4v) is 5.62. The number of hydrogen-bond donors (Lipinski definition) is 0. The van der Waals surface area contributed by atoms with E-state index in [1.54, 1.807) is 4.90 Å². The summed E-state index contributed by atoms with van der Waals surface area (Å²) in [6.07, 6.45) is 1.27. The highest BCUT2D eigenvalue weighted by atomic mass is 32.2. The number of rotatable bonds is 7. The van der Waals surface area contributed by atoms with Gasteiger partial charge in [-0.15, -0.1) is 10.2 Å². The number of carbonyl (C=O) groups excluding carboxylic acids is 1. The quantitative estimate of drug-likeness (QED) is 0.632. The van der Waals surface area contributed by atoms with Gasteiger partial charge in [0, 0.05) is 17.6 Å². The third-order valence-electron chi connectivity index (χ3n) is 4.98. The van der Waals surface area contributed by atoms with Crippen molar-refractivity contribution in [3.63, 3.8) is 0 Å². The number of nitrogens with zero attached hydrogens (tertiary/aromatic N) is 3.